The van der Waals surface area contributed by atoms with Crippen LogP contribution in [0.2, 0.25) is 0 Å². The molecule has 108 valence electrons. The van der Waals surface area contributed by atoms with Gasteiger partial charge in [0.25, 0.3) is 0 Å². The van der Waals surface area contributed by atoms with Crippen LogP contribution in [0.5, 0.6) is 5.75 Å². The van der Waals surface area contributed by atoms with Crippen molar-refractivity contribution in [1.82, 2.24) is 0 Å². The van der Waals surface area contributed by atoms with E-state index >= 15 is 0 Å². The highest BCUT2D eigenvalue weighted by molar-refractivity contribution is 6.17. The van der Waals surface area contributed by atoms with Crippen molar-refractivity contribution in [1.29, 1.82) is 0 Å². The van der Waals surface area contributed by atoms with Gasteiger partial charge in [0.2, 0.25) is 0 Å². The van der Waals surface area contributed by atoms with E-state index in [1.54, 1.807) is 0 Å². The minimum atomic E-state index is 0.472. The highest BCUT2D eigenvalue weighted by Gasteiger charge is 2.01. The molecular weight excluding hydrogens is 285 g/mol. The largest absolute Gasteiger partial charge is 0.494 e. The summed E-state index contributed by atoms with van der Waals surface area (Å²) in [6, 6.07) is 5.93. The number of hydrogen-bond donors (Lipinski definition) is 1. The van der Waals surface area contributed by atoms with Crippen LogP contribution in [0.1, 0.15) is 36.8 Å². The van der Waals surface area contributed by atoms with E-state index in [9.17, 15) is 0 Å². The summed E-state index contributed by atoms with van der Waals surface area (Å²) in [4.78, 5) is 4.51. The van der Waals surface area contributed by atoms with Gasteiger partial charge in [-0.05, 0) is 42.5 Å². The standard InChI is InChI=1S/C14H21Cl2NO2/c15-10-12-7-13(11-16)9-14(8-12)18-5-3-1-2-4-6-19-17/h7-9H,1-6,10-11,17H2. The van der Waals surface area contributed by atoms with Crippen molar-refractivity contribution < 1.29 is 9.57 Å². The molecule has 0 atom stereocenters. The molecule has 3 nitrogen and oxygen atoms in total. The van der Waals surface area contributed by atoms with E-state index in [2.05, 4.69) is 4.84 Å². The summed E-state index contributed by atoms with van der Waals surface area (Å²) >= 11 is 11.7. The molecule has 0 amide bonds. The van der Waals surface area contributed by atoms with Gasteiger partial charge in [-0.2, -0.15) is 0 Å². The number of benzene rings is 1. The van der Waals surface area contributed by atoms with Gasteiger partial charge >= 0.3 is 0 Å². The van der Waals surface area contributed by atoms with Crippen molar-refractivity contribution in [2.45, 2.75) is 37.4 Å². The van der Waals surface area contributed by atoms with Crippen LogP contribution in [0, 0.1) is 0 Å². The van der Waals surface area contributed by atoms with Crippen LogP contribution in [0.3, 0.4) is 0 Å². The average Bonchev–Trinajstić information content (AvgIpc) is 2.45. The highest BCUT2D eigenvalue weighted by atomic mass is 35.5. The Bertz CT molecular complexity index is 339. The molecule has 0 bridgehead atoms. The molecule has 0 aliphatic rings. The Morgan fingerprint density at radius 3 is 1.95 bits per heavy atom. The van der Waals surface area contributed by atoms with Crippen molar-refractivity contribution in [3.63, 3.8) is 0 Å². The Kier molecular flexibility index (Phi) is 9.01. The van der Waals surface area contributed by atoms with Crippen molar-refractivity contribution in [3.05, 3.63) is 29.3 Å². The smallest absolute Gasteiger partial charge is 0.119 e. The fraction of sp³-hybridized carbons (Fsp3) is 0.571. The van der Waals surface area contributed by atoms with E-state index in [0.29, 0.717) is 25.0 Å². The molecule has 0 spiro atoms. The normalized spacial score (nSPS) is 10.7. The Morgan fingerprint density at radius 2 is 1.42 bits per heavy atom. The van der Waals surface area contributed by atoms with Crippen molar-refractivity contribution >= 4 is 23.2 Å². The van der Waals surface area contributed by atoms with E-state index in [1.165, 1.54) is 0 Å². The molecule has 0 aromatic heterocycles. The van der Waals surface area contributed by atoms with Gasteiger partial charge in [0.15, 0.2) is 0 Å². The lowest BCUT2D eigenvalue weighted by Gasteiger charge is -2.09. The summed E-state index contributed by atoms with van der Waals surface area (Å²) in [6.07, 6.45) is 4.23. The maximum absolute atomic E-state index is 5.84. The molecule has 1 rings (SSSR count). The summed E-state index contributed by atoms with van der Waals surface area (Å²) in [6.45, 7) is 1.33. The molecule has 2 N–H and O–H groups in total. The van der Waals surface area contributed by atoms with Gasteiger partial charge in [-0.15, -0.1) is 23.2 Å². The van der Waals surface area contributed by atoms with Crippen LogP contribution in [0.4, 0.5) is 0 Å². The second kappa shape index (κ2) is 10.3. The summed E-state index contributed by atoms with van der Waals surface area (Å²) in [5.74, 6) is 6.74. The molecule has 0 fully saturated rings. The molecule has 19 heavy (non-hydrogen) atoms. The number of unbranched alkanes of at least 4 members (excludes halogenated alkanes) is 3. The number of nitrogens with two attached hydrogens (primary N) is 1. The summed E-state index contributed by atoms with van der Waals surface area (Å²) in [5.41, 5.74) is 2.07. The first-order valence-corrected chi connectivity index (χ1v) is 7.56. The number of alkyl halides is 2. The molecule has 0 saturated carbocycles. The molecule has 1 aromatic rings. The summed E-state index contributed by atoms with van der Waals surface area (Å²) in [5, 5.41) is 0. The first kappa shape index (κ1) is 16.6. The molecule has 0 heterocycles. The molecule has 0 aliphatic heterocycles. The number of rotatable bonds is 10. The molecule has 1 aromatic carbocycles. The minimum Gasteiger partial charge on any atom is -0.494 e. The Balaban J connectivity index is 2.28. The van der Waals surface area contributed by atoms with Crippen molar-refractivity contribution in [3.8, 4) is 5.75 Å². The molecule has 0 radical (unpaired) electrons. The van der Waals surface area contributed by atoms with Gasteiger partial charge in [0, 0.05) is 11.8 Å². The van der Waals surface area contributed by atoms with Gasteiger partial charge in [0.1, 0.15) is 5.75 Å². The minimum absolute atomic E-state index is 0.472. The summed E-state index contributed by atoms with van der Waals surface area (Å²) in [7, 11) is 0. The van der Waals surface area contributed by atoms with Crippen LogP contribution >= 0.6 is 23.2 Å². The Labute approximate surface area is 124 Å². The predicted molar refractivity (Wildman–Crippen MR) is 79.7 cm³/mol. The van der Waals surface area contributed by atoms with Gasteiger partial charge in [-0.25, -0.2) is 5.90 Å². The zero-order chi connectivity index (χ0) is 13.9. The van der Waals surface area contributed by atoms with Crippen molar-refractivity contribution in [2.24, 2.45) is 5.90 Å². The van der Waals surface area contributed by atoms with Gasteiger partial charge < -0.3 is 9.57 Å². The fourth-order valence-electron chi connectivity index (χ4n) is 1.80. The van der Waals surface area contributed by atoms with E-state index in [4.69, 9.17) is 33.8 Å². The highest BCUT2D eigenvalue weighted by Crippen LogP contribution is 2.20. The van der Waals surface area contributed by atoms with Crippen LogP contribution in [0.15, 0.2) is 18.2 Å². The molecule has 0 aliphatic carbocycles. The second-order valence-corrected chi connectivity index (χ2v) is 4.92. The lowest BCUT2D eigenvalue weighted by Crippen LogP contribution is -2.01. The Morgan fingerprint density at radius 1 is 0.842 bits per heavy atom. The third-order valence-electron chi connectivity index (χ3n) is 2.76. The molecular formula is C14H21Cl2NO2. The van der Waals surface area contributed by atoms with Crippen LogP contribution in [0.25, 0.3) is 0 Å². The van der Waals surface area contributed by atoms with Crippen LogP contribution < -0.4 is 10.6 Å². The topological polar surface area (TPSA) is 44.5 Å². The van der Waals surface area contributed by atoms with Crippen LogP contribution in [-0.2, 0) is 16.6 Å². The first-order valence-electron chi connectivity index (χ1n) is 6.49. The monoisotopic (exact) mass is 305 g/mol. The molecule has 0 saturated heterocycles. The van der Waals surface area contributed by atoms with Gasteiger partial charge in [-0.1, -0.05) is 12.5 Å². The van der Waals surface area contributed by atoms with Crippen molar-refractivity contribution in [2.75, 3.05) is 13.2 Å². The van der Waals surface area contributed by atoms with E-state index in [1.807, 2.05) is 18.2 Å². The zero-order valence-electron chi connectivity index (χ0n) is 11.0. The third-order valence-corrected chi connectivity index (χ3v) is 3.38. The maximum Gasteiger partial charge on any atom is 0.119 e. The lowest BCUT2D eigenvalue weighted by molar-refractivity contribution is 0.133. The van der Waals surface area contributed by atoms with Gasteiger partial charge in [0.05, 0.1) is 13.2 Å². The Hall–Kier alpha value is -0.480. The maximum atomic E-state index is 5.84. The fourth-order valence-corrected chi connectivity index (χ4v) is 2.11. The van der Waals surface area contributed by atoms with E-state index in [0.717, 1.165) is 42.6 Å². The third kappa shape index (κ3) is 7.02. The second-order valence-electron chi connectivity index (χ2n) is 4.39. The zero-order valence-corrected chi connectivity index (χ0v) is 12.6. The number of hydrogen-bond acceptors (Lipinski definition) is 3. The number of ether oxygens (including phenoxy) is 1. The average molecular weight is 306 g/mol. The van der Waals surface area contributed by atoms with Gasteiger partial charge in [-0.3, -0.25) is 0 Å². The number of halogens is 2. The molecule has 5 heteroatoms. The molecule has 0 unspecified atom stereocenters. The lowest BCUT2D eigenvalue weighted by atomic mass is 10.1. The predicted octanol–water partition coefficient (Wildman–Crippen LogP) is 3.99. The quantitative estimate of drug-likeness (QED) is 0.404. The SMILES string of the molecule is NOCCCCCCOc1cc(CCl)cc(CCl)c1. The van der Waals surface area contributed by atoms with Crippen LogP contribution in [-0.4, -0.2) is 13.2 Å². The van der Waals surface area contributed by atoms with E-state index in [-0.39, 0.29) is 0 Å². The van der Waals surface area contributed by atoms with E-state index < -0.39 is 0 Å². The first-order chi connectivity index (χ1) is 9.30. The summed E-state index contributed by atoms with van der Waals surface area (Å²) < 4.78 is 5.72.